The molecule has 0 aliphatic carbocycles. The zero-order chi connectivity index (χ0) is 57.1. The zero-order valence-electron chi connectivity index (χ0n) is 51.1. The van der Waals surface area contributed by atoms with Crippen LogP contribution in [-0.4, -0.2) is 37.2 Å². The van der Waals surface area contributed by atoms with Crippen molar-refractivity contribution >= 4 is 17.9 Å². The lowest BCUT2D eigenvalue weighted by atomic mass is 10.0. The molecule has 0 aliphatic heterocycles. The molecule has 6 nitrogen and oxygen atoms in total. The highest BCUT2D eigenvalue weighted by Crippen LogP contribution is 2.15. The molecule has 0 bridgehead atoms. The lowest BCUT2D eigenvalue weighted by Gasteiger charge is -2.18. The van der Waals surface area contributed by atoms with Gasteiger partial charge in [0.15, 0.2) is 6.10 Å². The lowest BCUT2D eigenvalue weighted by Crippen LogP contribution is -2.30. The van der Waals surface area contributed by atoms with Crippen LogP contribution in [0.3, 0.4) is 0 Å². The first-order valence-corrected chi connectivity index (χ1v) is 32.3. The summed E-state index contributed by atoms with van der Waals surface area (Å²) in [5, 5.41) is 0. The third-order valence-corrected chi connectivity index (χ3v) is 13.3. The maximum Gasteiger partial charge on any atom is 0.306 e. The van der Waals surface area contributed by atoms with E-state index < -0.39 is 6.10 Å². The summed E-state index contributed by atoms with van der Waals surface area (Å²) >= 11 is 0. The van der Waals surface area contributed by atoms with Crippen molar-refractivity contribution in [2.24, 2.45) is 0 Å². The number of ether oxygens (including phenoxy) is 3. The van der Waals surface area contributed by atoms with Gasteiger partial charge in [-0.05, 0) is 141 Å². The minimum Gasteiger partial charge on any atom is -0.462 e. The van der Waals surface area contributed by atoms with Crippen molar-refractivity contribution in [1.29, 1.82) is 0 Å². The van der Waals surface area contributed by atoms with E-state index in [1.54, 1.807) is 0 Å². The summed E-state index contributed by atoms with van der Waals surface area (Å²) in [6.07, 6.45) is 94.4. The Morgan fingerprint density at radius 2 is 0.494 bits per heavy atom. The molecule has 1 unspecified atom stereocenters. The Labute approximate surface area is 487 Å². The molecule has 0 aromatic heterocycles. The molecule has 0 aromatic carbocycles. The quantitative estimate of drug-likeness (QED) is 0.0261. The van der Waals surface area contributed by atoms with Crippen LogP contribution in [0.2, 0.25) is 0 Å². The molecule has 6 heteroatoms. The molecule has 0 amide bonds. The largest absolute Gasteiger partial charge is 0.462 e. The predicted octanol–water partition coefficient (Wildman–Crippen LogP) is 22.3. The van der Waals surface area contributed by atoms with Gasteiger partial charge in [-0.1, -0.05) is 263 Å². The summed E-state index contributed by atoms with van der Waals surface area (Å²) in [6.45, 7) is 6.35. The topological polar surface area (TPSA) is 78.9 Å². The fourth-order valence-corrected chi connectivity index (χ4v) is 8.53. The molecule has 0 rings (SSSR count). The van der Waals surface area contributed by atoms with E-state index in [4.69, 9.17) is 14.2 Å². The van der Waals surface area contributed by atoms with Crippen molar-refractivity contribution in [2.75, 3.05) is 13.2 Å². The van der Waals surface area contributed by atoms with Crippen LogP contribution >= 0.6 is 0 Å². The summed E-state index contributed by atoms with van der Waals surface area (Å²) in [7, 11) is 0. The van der Waals surface area contributed by atoms with Gasteiger partial charge in [-0.25, -0.2) is 0 Å². The van der Waals surface area contributed by atoms with Crippen molar-refractivity contribution in [2.45, 2.75) is 284 Å². The number of esters is 3. The molecule has 0 aromatic rings. The van der Waals surface area contributed by atoms with Gasteiger partial charge >= 0.3 is 17.9 Å². The van der Waals surface area contributed by atoms with Crippen LogP contribution in [0.25, 0.3) is 0 Å². The summed E-state index contributed by atoms with van der Waals surface area (Å²) < 4.78 is 16.8. The van der Waals surface area contributed by atoms with Gasteiger partial charge in [-0.2, -0.15) is 0 Å². The van der Waals surface area contributed by atoms with Crippen molar-refractivity contribution in [3.05, 3.63) is 146 Å². The van der Waals surface area contributed by atoms with Gasteiger partial charge < -0.3 is 14.2 Å². The molecule has 446 valence electrons. The van der Waals surface area contributed by atoms with Crippen molar-refractivity contribution < 1.29 is 28.6 Å². The van der Waals surface area contributed by atoms with E-state index in [0.717, 1.165) is 135 Å². The fourth-order valence-electron chi connectivity index (χ4n) is 8.53. The molecule has 0 aliphatic rings. The van der Waals surface area contributed by atoms with Crippen molar-refractivity contribution in [1.82, 2.24) is 0 Å². The van der Waals surface area contributed by atoms with Crippen LogP contribution < -0.4 is 0 Å². The molecule has 0 fully saturated rings. The average molecular weight is 1090 g/mol. The van der Waals surface area contributed by atoms with Crippen LogP contribution in [0.4, 0.5) is 0 Å². The summed E-state index contributed by atoms with van der Waals surface area (Å²) in [6, 6.07) is 0. The molecule has 0 heterocycles. The summed E-state index contributed by atoms with van der Waals surface area (Å²) in [5.41, 5.74) is 0. The van der Waals surface area contributed by atoms with Crippen molar-refractivity contribution in [3.63, 3.8) is 0 Å². The highest BCUT2D eigenvalue weighted by atomic mass is 16.6. The first-order valence-electron chi connectivity index (χ1n) is 32.3. The van der Waals surface area contributed by atoms with Crippen molar-refractivity contribution in [3.8, 4) is 0 Å². The second-order valence-corrected chi connectivity index (χ2v) is 20.9. The number of unbranched alkanes of at least 4 members (excludes halogenated alkanes) is 22. The van der Waals surface area contributed by atoms with Gasteiger partial charge in [0.25, 0.3) is 0 Å². The van der Waals surface area contributed by atoms with E-state index in [-0.39, 0.29) is 37.5 Å². The van der Waals surface area contributed by atoms with E-state index in [1.165, 1.54) is 96.3 Å². The van der Waals surface area contributed by atoms with E-state index in [9.17, 15) is 14.4 Å². The predicted molar refractivity (Wildman–Crippen MR) is 343 cm³/mol. The smallest absolute Gasteiger partial charge is 0.306 e. The second kappa shape index (κ2) is 65.8. The van der Waals surface area contributed by atoms with Gasteiger partial charge in [0.2, 0.25) is 0 Å². The average Bonchev–Trinajstić information content (AvgIpc) is 3.45. The number of allylic oxidation sites excluding steroid dienone is 24. The number of carbonyl (C=O) groups excluding carboxylic acids is 3. The van der Waals surface area contributed by atoms with E-state index >= 15 is 0 Å². The van der Waals surface area contributed by atoms with E-state index in [2.05, 4.69) is 167 Å². The molecule has 0 saturated carbocycles. The Kier molecular flexibility index (Phi) is 61.9. The highest BCUT2D eigenvalue weighted by Gasteiger charge is 2.19. The standard InChI is InChI=1S/C73H118O6/c1-4-7-10-13-16-19-22-25-27-28-29-30-31-32-33-34-35-36-37-38-39-40-41-42-43-44-46-48-51-54-57-60-63-66-72(75)78-69-70(68-77-71(74)65-62-59-56-53-50-47-24-21-18-15-12-9-6-3)79-73(76)67-64-61-58-55-52-49-45-26-23-20-17-14-11-8-5-2/h7-8,10-11,16-17,19-21,24-27,29-30,32-33,35-36,38-39,45,52,55,70H,4-6,9,12-15,18,22-23,28,31,34,37,40-44,46-51,53-54,56-69H2,1-3H3/b10-7-,11-8-,19-16-,20-17-,24-21-,27-25-,30-29-,33-32-,36-35-,39-38-,45-26-,55-52-. The Balaban J connectivity index is 4.27. The Morgan fingerprint density at radius 1 is 0.266 bits per heavy atom. The Morgan fingerprint density at radius 3 is 0.810 bits per heavy atom. The molecular weight excluding hydrogens is 973 g/mol. The van der Waals surface area contributed by atoms with Crippen LogP contribution in [0.15, 0.2) is 146 Å². The monoisotopic (exact) mass is 1090 g/mol. The third kappa shape index (κ3) is 64.0. The van der Waals surface area contributed by atoms with Crippen LogP contribution in [0.1, 0.15) is 278 Å². The maximum atomic E-state index is 12.9. The first-order chi connectivity index (χ1) is 39.0. The number of hydrogen-bond donors (Lipinski definition) is 0. The number of rotatable bonds is 57. The minimum atomic E-state index is -0.809. The molecule has 0 saturated heterocycles. The molecule has 1 atom stereocenters. The van der Waals surface area contributed by atoms with Gasteiger partial charge in [-0.15, -0.1) is 0 Å². The number of hydrogen-bond acceptors (Lipinski definition) is 6. The third-order valence-electron chi connectivity index (χ3n) is 13.3. The van der Waals surface area contributed by atoms with Gasteiger partial charge in [0.05, 0.1) is 0 Å². The second-order valence-electron chi connectivity index (χ2n) is 20.9. The first kappa shape index (κ1) is 74.3. The number of carbonyl (C=O) groups is 3. The molecule has 0 spiro atoms. The van der Waals surface area contributed by atoms with Gasteiger partial charge in [0, 0.05) is 19.3 Å². The van der Waals surface area contributed by atoms with Gasteiger partial charge in [-0.3, -0.25) is 14.4 Å². The molecular formula is C73H118O6. The lowest BCUT2D eigenvalue weighted by molar-refractivity contribution is -0.167. The van der Waals surface area contributed by atoms with Gasteiger partial charge in [0.1, 0.15) is 13.2 Å². The molecule has 0 radical (unpaired) electrons. The normalized spacial score (nSPS) is 13.1. The van der Waals surface area contributed by atoms with E-state index in [1.807, 2.05) is 0 Å². The maximum absolute atomic E-state index is 12.9. The minimum absolute atomic E-state index is 0.102. The molecule has 0 N–H and O–H groups in total. The van der Waals surface area contributed by atoms with Crippen LogP contribution in [0, 0.1) is 0 Å². The summed E-state index contributed by atoms with van der Waals surface area (Å²) in [5.74, 6) is -0.957. The summed E-state index contributed by atoms with van der Waals surface area (Å²) in [4.78, 5) is 38.2. The fraction of sp³-hybridized carbons (Fsp3) is 0.630. The van der Waals surface area contributed by atoms with E-state index in [0.29, 0.717) is 19.3 Å². The van der Waals surface area contributed by atoms with Crippen LogP contribution in [-0.2, 0) is 28.6 Å². The Hall–Kier alpha value is -4.71. The van der Waals surface area contributed by atoms with Crippen LogP contribution in [0.5, 0.6) is 0 Å². The Bertz CT molecular complexity index is 1730. The SMILES string of the molecule is CC/C=C\C/C=C\C/C=C\C/C=C\C/C=C\C/C=C\C/C=C\CCCCCCCCCCCCCC(=O)OCC(COC(=O)CCCCCCC/C=C\CCCCCC)OC(=O)CCCC/C=C\C/C=C\C/C=C\C/C=C\CC. The molecule has 79 heavy (non-hydrogen) atoms. The zero-order valence-corrected chi connectivity index (χ0v) is 51.1. The highest BCUT2D eigenvalue weighted by molar-refractivity contribution is 5.71.